The number of rotatable bonds is 8. The van der Waals surface area contributed by atoms with Gasteiger partial charge in [-0.1, -0.05) is 13.8 Å². The summed E-state index contributed by atoms with van der Waals surface area (Å²) in [6.07, 6.45) is 4.76. The number of amides is 1. The van der Waals surface area contributed by atoms with Gasteiger partial charge in [-0.3, -0.25) is 9.59 Å². The summed E-state index contributed by atoms with van der Waals surface area (Å²) >= 11 is 0. The van der Waals surface area contributed by atoms with Gasteiger partial charge in [-0.25, -0.2) is 0 Å². The van der Waals surface area contributed by atoms with E-state index in [-0.39, 0.29) is 12.5 Å². The summed E-state index contributed by atoms with van der Waals surface area (Å²) in [7, 11) is 0. The highest BCUT2D eigenvalue weighted by molar-refractivity contribution is 5.79. The van der Waals surface area contributed by atoms with Crippen LogP contribution in [0.5, 0.6) is 0 Å². The number of nitrogens with one attached hydrogen (secondary N) is 2. The molecule has 20 heavy (non-hydrogen) atoms. The van der Waals surface area contributed by atoms with Crippen LogP contribution in [0.4, 0.5) is 0 Å². The van der Waals surface area contributed by atoms with Gasteiger partial charge in [-0.15, -0.1) is 0 Å². The molecule has 0 saturated carbocycles. The number of carboxylic acid groups (broad SMARTS) is 1. The maximum atomic E-state index is 11.9. The zero-order valence-corrected chi connectivity index (χ0v) is 12.7. The van der Waals surface area contributed by atoms with Gasteiger partial charge >= 0.3 is 5.97 Å². The number of hydrogen-bond acceptors (Lipinski definition) is 3. The lowest BCUT2D eigenvalue weighted by atomic mass is 9.82. The monoisotopic (exact) mass is 284 g/mol. The Labute approximate surface area is 121 Å². The first-order valence-electron chi connectivity index (χ1n) is 7.75. The molecule has 0 radical (unpaired) electrons. The van der Waals surface area contributed by atoms with Crippen LogP contribution in [0.15, 0.2) is 0 Å². The van der Waals surface area contributed by atoms with Crippen LogP contribution in [0.3, 0.4) is 0 Å². The largest absolute Gasteiger partial charge is 0.481 e. The number of hydrogen-bond donors (Lipinski definition) is 3. The zero-order chi connectivity index (χ0) is 15.0. The van der Waals surface area contributed by atoms with Crippen molar-refractivity contribution in [2.45, 2.75) is 52.4 Å². The summed E-state index contributed by atoms with van der Waals surface area (Å²) in [6, 6.07) is 0. The summed E-state index contributed by atoms with van der Waals surface area (Å²) in [5, 5.41) is 15.4. The Morgan fingerprint density at radius 1 is 1.25 bits per heavy atom. The molecule has 1 saturated heterocycles. The van der Waals surface area contributed by atoms with Crippen LogP contribution in [0, 0.1) is 11.3 Å². The molecular weight excluding hydrogens is 256 g/mol. The number of carbonyl (C=O) groups is 2. The molecule has 5 nitrogen and oxygen atoms in total. The van der Waals surface area contributed by atoms with E-state index >= 15 is 0 Å². The van der Waals surface area contributed by atoms with Crippen LogP contribution >= 0.6 is 0 Å². The second-order valence-corrected chi connectivity index (χ2v) is 5.80. The molecule has 1 heterocycles. The molecule has 0 aliphatic carbocycles. The van der Waals surface area contributed by atoms with Crippen molar-refractivity contribution >= 4 is 11.9 Å². The fraction of sp³-hybridized carbons (Fsp3) is 0.867. The third kappa shape index (κ3) is 4.78. The van der Waals surface area contributed by atoms with Crippen LogP contribution in [-0.4, -0.2) is 36.6 Å². The number of aliphatic carboxylic acids is 1. The van der Waals surface area contributed by atoms with Crippen molar-refractivity contribution in [3.05, 3.63) is 0 Å². The average molecular weight is 284 g/mol. The first-order chi connectivity index (χ1) is 9.54. The Hall–Kier alpha value is -1.10. The molecule has 0 aromatic carbocycles. The molecule has 0 aromatic heterocycles. The lowest BCUT2D eigenvalue weighted by Crippen LogP contribution is -2.42. The van der Waals surface area contributed by atoms with Crippen LogP contribution < -0.4 is 10.6 Å². The van der Waals surface area contributed by atoms with Crippen molar-refractivity contribution in [1.82, 2.24) is 10.6 Å². The SMILES string of the molecule is CCC(CC)(CNC(=O)CCC1CCNCC1)C(=O)O. The van der Waals surface area contributed by atoms with Crippen molar-refractivity contribution in [2.75, 3.05) is 19.6 Å². The zero-order valence-electron chi connectivity index (χ0n) is 12.7. The maximum absolute atomic E-state index is 11.9. The summed E-state index contributed by atoms with van der Waals surface area (Å²) in [5.74, 6) is -0.208. The standard InChI is InChI=1S/C15H28N2O3/c1-3-15(4-2,14(19)20)11-17-13(18)6-5-12-7-9-16-10-8-12/h12,16H,3-11H2,1-2H3,(H,17,18)(H,19,20). The first-order valence-corrected chi connectivity index (χ1v) is 7.75. The maximum Gasteiger partial charge on any atom is 0.311 e. The molecule has 3 N–H and O–H groups in total. The van der Waals surface area contributed by atoms with E-state index in [1.165, 1.54) is 0 Å². The molecule has 0 atom stereocenters. The van der Waals surface area contributed by atoms with E-state index in [4.69, 9.17) is 0 Å². The van der Waals surface area contributed by atoms with E-state index in [9.17, 15) is 14.7 Å². The summed E-state index contributed by atoms with van der Waals surface area (Å²) in [6.45, 7) is 6.04. The smallest absolute Gasteiger partial charge is 0.311 e. The third-order valence-electron chi connectivity index (χ3n) is 4.67. The fourth-order valence-electron chi connectivity index (χ4n) is 2.74. The minimum absolute atomic E-state index is 0.0175. The molecule has 0 aromatic rings. The Bertz CT molecular complexity index is 321. The minimum atomic E-state index is -0.818. The Kier molecular flexibility index (Phi) is 6.99. The molecule has 1 fully saturated rings. The van der Waals surface area contributed by atoms with Crippen LogP contribution in [-0.2, 0) is 9.59 Å². The molecule has 116 valence electrons. The molecule has 1 aliphatic rings. The van der Waals surface area contributed by atoms with Crippen LogP contribution in [0.1, 0.15) is 52.4 Å². The van der Waals surface area contributed by atoms with Crippen molar-refractivity contribution < 1.29 is 14.7 Å². The van der Waals surface area contributed by atoms with E-state index in [0.29, 0.717) is 25.2 Å². The summed E-state index contributed by atoms with van der Waals surface area (Å²) < 4.78 is 0. The number of carbonyl (C=O) groups excluding carboxylic acids is 1. The van der Waals surface area contributed by atoms with Gasteiger partial charge in [0.1, 0.15) is 0 Å². The van der Waals surface area contributed by atoms with E-state index in [1.54, 1.807) is 0 Å². The van der Waals surface area contributed by atoms with Gasteiger partial charge in [0.15, 0.2) is 0 Å². The lowest BCUT2D eigenvalue weighted by molar-refractivity contribution is -0.149. The highest BCUT2D eigenvalue weighted by Gasteiger charge is 2.35. The molecule has 0 unspecified atom stereocenters. The van der Waals surface area contributed by atoms with Gasteiger partial charge in [0, 0.05) is 13.0 Å². The van der Waals surface area contributed by atoms with Crippen molar-refractivity contribution in [3.8, 4) is 0 Å². The lowest BCUT2D eigenvalue weighted by Gasteiger charge is -2.27. The summed E-state index contributed by atoms with van der Waals surface area (Å²) in [4.78, 5) is 23.2. The average Bonchev–Trinajstić information content (AvgIpc) is 2.47. The quantitative estimate of drug-likeness (QED) is 0.635. The first kappa shape index (κ1) is 17.0. The number of carboxylic acids is 1. The molecule has 0 bridgehead atoms. The predicted molar refractivity (Wildman–Crippen MR) is 78.5 cm³/mol. The predicted octanol–water partition coefficient (Wildman–Crippen LogP) is 1.77. The molecule has 5 heteroatoms. The molecular formula is C15H28N2O3. The van der Waals surface area contributed by atoms with E-state index < -0.39 is 11.4 Å². The normalized spacial score (nSPS) is 16.9. The highest BCUT2D eigenvalue weighted by atomic mass is 16.4. The summed E-state index contributed by atoms with van der Waals surface area (Å²) in [5.41, 5.74) is -0.815. The Balaban J connectivity index is 2.32. The van der Waals surface area contributed by atoms with Crippen molar-refractivity contribution in [2.24, 2.45) is 11.3 Å². The highest BCUT2D eigenvalue weighted by Crippen LogP contribution is 2.25. The van der Waals surface area contributed by atoms with Gasteiger partial charge in [0.05, 0.1) is 5.41 Å². The Morgan fingerprint density at radius 2 is 1.85 bits per heavy atom. The van der Waals surface area contributed by atoms with Gasteiger partial charge in [0.25, 0.3) is 0 Å². The molecule has 1 amide bonds. The van der Waals surface area contributed by atoms with E-state index in [2.05, 4.69) is 10.6 Å². The second kappa shape index (κ2) is 8.25. The van der Waals surface area contributed by atoms with Gasteiger partial charge in [-0.2, -0.15) is 0 Å². The minimum Gasteiger partial charge on any atom is -0.481 e. The second-order valence-electron chi connectivity index (χ2n) is 5.80. The molecule has 1 aliphatic heterocycles. The fourth-order valence-corrected chi connectivity index (χ4v) is 2.74. The van der Waals surface area contributed by atoms with Crippen LogP contribution in [0.2, 0.25) is 0 Å². The van der Waals surface area contributed by atoms with Crippen LogP contribution in [0.25, 0.3) is 0 Å². The Morgan fingerprint density at radius 3 is 2.35 bits per heavy atom. The van der Waals surface area contributed by atoms with Crippen molar-refractivity contribution in [1.29, 1.82) is 0 Å². The van der Waals surface area contributed by atoms with Gasteiger partial charge in [0.2, 0.25) is 5.91 Å². The van der Waals surface area contributed by atoms with E-state index in [0.717, 1.165) is 32.4 Å². The molecule has 0 spiro atoms. The van der Waals surface area contributed by atoms with E-state index in [1.807, 2.05) is 13.8 Å². The van der Waals surface area contributed by atoms with Gasteiger partial charge in [-0.05, 0) is 51.1 Å². The number of piperidine rings is 1. The van der Waals surface area contributed by atoms with Gasteiger partial charge < -0.3 is 15.7 Å². The molecule has 1 rings (SSSR count). The topological polar surface area (TPSA) is 78.4 Å². The third-order valence-corrected chi connectivity index (χ3v) is 4.67. The van der Waals surface area contributed by atoms with Crippen molar-refractivity contribution in [3.63, 3.8) is 0 Å².